The van der Waals surface area contributed by atoms with Crippen LogP contribution < -0.4 is 10.6 Å². The molecule has 8 nitrogen and oxygen atoms in total. The van der Waals surface area contributed by atoms with Crippen LogP contribution in [0, 0.1) is 0 Å². The third-order valence-corrected chi connectivity index (χ3v) is 7.21. The van der Waals surface area contributed by atoms with E-state index in [1.165, 1.54) is 5.56 Å². The number of allylic oxidation sites excluding steroid dienone is 3. The second kappa shape index (κ2) is 13.4. The molecule has 0 aliphatic carbocycles. The SMILES string of the molecule is CO[C@H](C)CN(CCCCc1ccc2c(n1)NCCC2)CC[C@@H]1N=C2CCC(=C/C(C(F)(F)F)=C\N2)OC1=O. The molecule has 0 spiro atoms. The molecule has 2 bridgehead atoms. The van der Waals surface area contributed by atoms with Crippen molar-refractivity contribution >= 4 is 17.6 Å². The lowest BCUT2D eigenvalue weighted by Crippen LogP contribution is -2.37. The minimum absolute atomic E-state index is 0.00876. The zero-order chi connectivity index (χ0) is 27.8. The van der Waals surface area contributed by atoms with Gasteiger partial charge in [-0.2, -0.15) is 13.2 Å². The minimum Gasteiger partial charge on any atom is -0.429 e. The fraction of sp³-hybridized carbons (Fsp3) is 0.607. The minimum atomic E-state index is -4.56. The summed E-state index contributed by atoms with van der Waals surface area (Å²) in [5.74, 6) is 0.749. The Morgan fingerprint density at radius 2 is 2.05 bits per heavy atom. The molecule has 4 rings (SSSR count). The molecule has 4 heterocycles. The summed E-state index contributed by atoms with van der Waals surface area (Å²) in [5, 5.41) is 6.04. The number of pyridine rings is 1. The van der Waals surface area contributed by atoms with E-state index < -0.39 is 23.8 Å². The highest BCUT2D eigenvalue weighted by atomic mass is 19.4. The van der Waals surface area contributed by atoms with Gasteiger partial charge in [0.15, 0.2) is 6.04 Å². The van der Waals surface area contributed by atoms with Crippen molar-refractivity contribution < 1.29 is 27.4 Å². The number of anilines is 1. The standard InChI is InChI=1S/C28H38F3N5O3/c1-19(38-2)18-36(14-4-3-7-22-9-8-20-6-5-13-32-26(20)34-22)15-12-24-27(37)39-23-10-11-25(35-24)33-17-21(16-23)28(29,30)31/h8-9,16-17,19,24H,3-7,10-15,18H2,1-2H3,(H,32,34)(H,33,35)/b21-17+,23-16?/t19-,24+/m1/s1. The quantitative estimate of drug-likeness (QED) is 0.310. The Balaban J connectivity index is 1.34. The highest BCUT2D eigenvalue weighted by Gasteiger charge is 2.35. The third kappa shape index (κ3) is 8.53. The van der Waals surface area contributed by atoms with Crippen LogP contribution in [-0.2, 0) is 27.1 Å². The molecule has 0 fully saturated rings. The maximum Gasteiger partial charge on any atom is 0.417 e. The van der Waals surface area contributed by atoms with Gasteiger partial charge in [-0.25, -0.2) is 9.78 Å². The van der Waals surface area contributed by atoms with E-state index >= 15 is 0 Å². The molecule has 0 unspecified atom stereocenters. The second-order valence-electron chi connectivity index (χ2n) is 10.3. The molecular formula is C28H38F3N5O3. The lowest BCUT2D eigenvalue weighted by molar-refractivity contribution is -0.141. The molecular weight excluding hydrogens is 511 g/mol. The summed E-state index contributed by atoms with van der Waals surface area (Å²) in [6.07, 6.45) is 3.18. The van der Waals surface area contributed by atoms with Crippen molar-refractivity contribution in [2.75, 3.05) is 38.6 Å². The highest BCUT2D eigenvalue weighted by Crippen LogP contribution is 2.30. The normalized spacial score (nSPS) is 21.5. The predicted molar refractivity (Wildman–Crippen MR) is 143 cm³/mol. The second-order valence-corrected chi connectivity index (χ2v) is 10.3. The van der Waals surface area contributed by atoms with Gasteiger partial charge in [0.2, 0.25) is 0 Å². The van der Waals surface area contributed by atoms with Crippen LogP contribution in [0.3, 0.4) is 0 Å². The fourth-order valence-electron chi connectivity index (χ4n) is 4.92. The lowest BCUT2D eigenvalue weighted by atomic mass is 10.1. The summed E-state index contributed by atoms with van der Waals surface area (Å²) >= 11 is 0. The number of amidine groups is 1. The molecule has 0 saturated heterocycles. The first-order valence-corrected chi connectivity index (χ1v) is 13.7. The Morgan fingerprint density at radius 1 is 1.21 bits per heavy atom. The molecule has 0 radical (unpaired) electrons. The van der Waals surface area contributed by atoms with Crippen molar-refractivity contribution in [1.29, 1.82) is 0 Å². The summed E-state index contributed by atoms with van der Waals surface area (Å²) in [6, 6.07) is 3.49. The Labute approximate surface area is 227 Å². The van der Waals surface area contributed by atoms with Crippen molar-refractivity contribution in [1.82, 2.24) is 15.2 Å². The summed E-state index contributed by atoms with van der Waals surface area (Å²) in [7, 11) is 1.67. The molecule has 0 amide bonds. The van der Waals surface area contributed by atoms with Crippen LogP contribution in [0.4, 0.5) is 19.0 Å². The predicted octanol–water partition coefficient (Wildman–Crippen LogP) is 4.53. The third-order valence-electron chi connectivity index (χ3n) is 7.21. The molecule has 0 saturated carbocycles. The van der Waals surface area contributed by atoms with Crippen LogP contribution in [0.5, 0.6) is 0 Å². The van der Waals surface area contributed by atoms with E-state index in [4.69, 9.17) is 14.5 Å². The number of carbonyl (C=O) groups is 1. The first-order valence-electron chi connectivity index (χ1n) is 13.7. The molecule has 11 heteroatoms. The first-order chi connectivity index (χ1) is 18.7. The first kappa shape index (κ1) is 29.1. The summed E-state index contributed by atoms with van der Waals surface area (Å²) in [4.78, 5) is 24.3. The number of hydrogen-bond donors (Lipinski definition) is 2. The summed E-state index contributed by atoms with van der Waals surface area (Å²) in [6.45, 7) is 5.05. The van der Waals surface area contributed by atoms with Gasteiger partial charge in [0.05, 0.1) is 11.7 Å². The molecule has 1 aromatic rings. The number of rotatable bonds is 11. The molecule has 214 valence electrons. The van der Waals surface area contributed by atoms with Gasteiger partial charge >= 0.3 is 12.1 Å². The van der Waals surface area contributed by atoms with E-state index in [-0.39, 0.29) is 18.3 Å². The molecule has 2 atom stereocenters. The van der Waals surface area contributed by atoms with Gasteiger partial charge in [-0.15, -0.1) is 0 Å². The number of alkyl halides is 3. The highest BCUT2D eigenvalue weighted by molar-refractivity contribution is 5.88. The zero-order valence-electron chi connectivity index (χ0n) is 22.6. The van der Waals surface area contributed by atoms with Crippen LogP contribution in [-0.4, -0.2) is 73.3 Å². The Bertz CT molecular complexity index is 1100. The van der Waals surface area contributed by atoms with Gasteiger partial charge in [-0.05, 0) is 69.7 Å². The van der Waals surface area contributed by atoms with E-state index in [1.807, 2.05) is 6.92 Å². The van der Waals surface area contributed by atoms with Crippen LogP contribution >= 0.6 is 0 Å². The smallest absolute Gasteiger partial charge is 0.417 e. The Kier molecular flexibility index (Phi) is 10.0. The van der Waals surface area contributed by atoms with E-state index in [0.717, 1.165) is 69.0 Å². The van der Waals surface area contributed by atoms with Crippen molar-refractivity contribution in [3.05, 3.63) is 47.0 Å². The van der Waals surface area contributed by atoms with Crippen LogP contribution in [0.15, 0.2) is 40.7 Å². The average Bonchev–Trinajstić information content (AvgIpc) is 2.89. The van der Waals surface area contributed by atoms with Crippen LogP contribution in [0.1, 0.15) is 56.7 Å². The van der Waals surface area contributed by atoms with Crippen molar-refractivity contribution in [3.8, 4) is 0 Å². The van der Waals surface area contributed by atoms with E-state index in [1.54, 1.807) is 7.11 Å². The Morgan fingerprint density at radius 3 is 2.85 bits per heavy atom. The van der Waals surface area contributed by atoms with Gasteiger partial charge in [-0.3, -0.25) is 4.99 Å². The number of nitrogens with one attached hydrogen (secondary N) is 2. The van der Waals surface area contributed by atoms with E-state index in [2.05, 4.69) is 32.7 Å². The number of fused-ring (bicyclic) bond motifs is 4. The average molecular weight is 550 g/mol. The van der Waals surface area contributed by atoms with E-state index in [0.29, 0.717) is 31.8 Å². The number of aryl methyl sites for hydroxylation is 2. The number of nitrogens with zero attached hydrogens (tertiary/aromatic N) is 3. The van der Waals surface area contributed by atoms with Gasteiger partial charge in [0.25, 0.3) is 0 Å². The fourth-order valence-corrected chi connectivity index (χ4v) is 4.92. The van der Waals surface area contributed by atoms with Gasteiger partial charge in [0.1, 0.15) is 17.4 Å². The van der Waals surface area contributed by atoms with Crippen molar-refractivity contribution in [2.45, 2.75) is 76.6 Å². The number of aliphatic imine (C=N–C) groups is 1. The number of carbonyl (C=O) groups excluding carboxylic acids is 1. The van der Waals surface area contributed by atoms with Gasteiger partial charge in [-0.1, -0.05) is 6.07 Å². The van der Waals surface area contributed by atoms with Gasteiger partial charge in [0, 0.05) is 51.5 Å². The largest absolute Gasteiger partial charge is 0.429 e. The number of unbranched alkanes of at least 4 members (excludes halogenated alkanes) is 1. The maximum absolute atomic E-state index is 13.3. The summed E-state index contributed by atoms with van der Waals surface area (Å²) < 4.78 is 50.6. The number of halogens is 3. The number of methoxy groups -OCH3 is 1. The molecule has 2 N–H and O–H groups in total. The lowest BCUT2D eigenvalue weighted by Gasteiger charge is -2.27. The van der Waals surface area contributed by atoms with Crippen LogP contribution in [0.2, 0.25) is 0 Å². The summed E-state index contributed by atoms with van der Waals surface area (Å²) in [5.41, 5.74) is 1.46. The van der Waals surface area contributed by atoms with E-state index in [9.17, 15) is 18.0 Å². The zero-order valence-corrected chi connectivity index (χ0v) is 22.6. The molecule has 0 aromatic carbocycles. The number of ether oxygens (including phenoxy) is 2. The van der Waals surface area contributed by atoms with Crippen molar-refractivity contribution in [2.24, 2.45) is 4.99 Å². The molecule has 39 heavy (non-hydrogen) atoms. The maximum atomic E-state index is 13.3. The molecule has 1 aromatic heterocycles. The molecule has 3 aliphatic heterocycles. The number of hydrogen-bond acceptors (Lipinski definition) is 8. The number of aromatic nitrogens is 1. The monoisotopic (exact) mass is 549 g/mol. The topological polar surface area (TPSA) is 88.1 Å². The van der Waals surface area contributed by atoms with Gasteiger partial charge < -0.3 is 25.0 Å². The molecule has 3 aliphatic rings. The van der Waals surface area contributed by atoms with Crippen LogP contribution in [0.25, 0.3) is 0 Å². The van der Waals surface area contributed by atoms with Crippen molar-refractivity contribution in [3.63, 3.8) is 0 Å². The Hall–Kier alpha value is -2.92. The number of esters is 1.